The number of benzene rings is 1. The summed E-state index contributed by atoms with van der Waals surface area (Å²) in [4.78, 5) is 11.4. The van der Waals surface area contributed by atoms with Crippen molar-refractivity contribution in [3.05, 3.63) is 23.8 Å². The Morgan fingerprint density at radius 1 is 1.32 bits per heavy atom. The number of ether oxygens (including phenoxy) is 3. The number of aliphatic hydroxyl groups excluding tert-OH is 1. The molecule has 0 saturated heterocycles. The molecule has 0 aliphatic rings. The Morgan fingerprint density at radius 3 is 2.53 bits per heavy atom. The van der Waals surface area contributed by atoms with Crippen LogP contribution in [0.2, 0.25) is 0 Å². The molecule has 1 rings (SSSR count). The van der Waals surface area contributed by atoms with Crippen LogP contribution in [0.4, 0.5) is 0 Å². The first-order chi connectivity index (χ1) is 8.93. The van der Waals surface area contributed by atoms with Crippen LogP contribution in [0.3, 0.4) is 0 Å². The van der Waals surface area contributed by atoms with Crippen molar-refractivity contribution in [1.82, 2.24) is 0 Å². The molecule has 0 heterocycles. The van der Waals surface area contributed by atoms with Crippen LogP contribution in [0, 0.1) is 0 Å². The predicted octanol–water partition coefficient (Wildman–Crippen LogP) is 2.08. The molecule has 0 spiro atoms. The summed E-state index contributed by atoms with van der Waals surface area (Å²) in [6.07, 6.45) is -0.875. The van der Waals surface area contributed by atoms with Crippen LogP contribution in [-0.2, 0) is 9.53 Å². The molecule has 5 heteroatoms. The molecular weight excluding hydrogens is 248 g/mol. The molecule has 1 aromatic carbocycles. The quantitative estimate of drug-likeness (QED) is 0.800. The van der Waals surface area contributed by atoms with Gasteiger partial charge in [-0.2, -0.15) is 0 Å². The molecular formula is C14H20O5. The minimum atomic E-state index is -0.693. The van der Waals surface area contributed by atoms with Crippen molar-refractivity contribution < 1.29 is 24.1 Å². The monoisotopic (exact) mass is 268 g/mol. The summed E-state index contributed by atoms with van der Waals surface area (Å²) in [6.45, 7) is 4.96. The van der Waals surface area contributed by atoms with Gasteiger partial charge in [-0.1, -0.05) is 0 Å². The number of carbonyl (C=O) groups excluding carboxylic acids is 1. The number of methoxy groups -OCH3 is 1. The fourth-order valence-electron chi connectivity index (χ4n) is 1.55. The number of hydrogen-bond acceptors (Lipinski definition) is 5. The Balaban J connectivity index is 2.77. The minimum absolute atomic E-state index is 0.183. The Kier molecular flexibility index (Phi) is 5.63. The number of esters is 1. The molecule has 0 aliphatic heterocycles. The third kappa shape index (κ3) is 4.79. The number of hydrogen-bond donors (Lipinski definition) is 1. The highest BCUT2D eigenvalue weighted by Crippen LogP contribution is 2.29. The standard InChI is InChI=1S/C14H20O5/c1-9(2)19-14(16)8-18-13-7-11(17-4)5-6-12(13)10(3)15/h5-7,9-10,15H,8H2,1-4H3/t10-/m1/s1. The normalized spacial score (nSPS) is 12.1. The van der Waals surface area contributed by atoms with Crippen LogP contribution in [0.25, 0.3) is 0 Å². The third-order valence-corrected chi connectivity index (χ3v) is 2.38. The minimum Gasteiger partial charge on any atom is -0.497 e. The van der Waals surface area contributed by atoms with Crippen LogP contribution in [0.15, 0.2) is 18.2 Å². The lowest BCUT2D eigenvalue weighted by molar-refractivity contribution is -0.149. The molecule has 19 heavy (non-hydrogen) atoms. The molecule has 0 fully saturated rings. The molecule has 0 radical (unpaired) electrons. The summed E-state index contributed by atoms with van der Waals surface area (Å²) < 4.78 is 15.4. The van der Waals surface area contributed by atoms with Gasteiger partial charge in [-0.3, -0.25) is 0 Å². The molecule has 1 aromatic rings. The van der Waals surface area contributed by atoms with Gasteiger partial charge in [0.1, 0.15) is 11.5 Å². The van der Waals surface area contributed by atoms with E-state index in [2.05, 4.69) is 0 Å². The summed E-state index contributed by atoms with van der Waals surface area (Å²) in [5, 5.41) is 9.64. The Labute approximate surface area is 113 Å². The van der Waals surface area contributed by atoms with Crippen LogP contribution in [0.1, 0.15) is 32.4 Å². The van der Waals surface area contributed by atoms with Gasteiger partial charge in [0.2, 0.25) is 0 Å². The highest BCUT2D eigenvalue weighted by atomic mass is 16.6. The Bertz CT molecular complexity index is 426. The van der Waals surface area contributed by atoms with E-state index in [4.69, 9.17) is 14.2 Å². The van der Waals surface area contributed by atoms with Gasteiger partial charge in [0.05, 0.1) is 19.3 Å². The van der Waals surface area contributed by atoms with E-state index in [1.807, 2.05) is 0 Å². The Morgan fingerprint density at radius 2 is 2.00 bits per heavy atom. The van der Waals surface area contributed by atoms with Gasteiger partial charge < -0.3 is 19.3 Å². The van der Waals surface area contributed by atoms with Crippen LogP contribution in [-0.4, -0.2) is 30.9 Å². The number of aliphatic hydroxyl groups is 1. The topological polar surface area (TPSA) is 65.0 Å². The number of rotatable bonds is 6. The van der Waals surface area contributed by atoms with E-state index in [-0.39, 0.29) is 12.7 Å². The van der Waals surface area contributed by atoms with Crippen molar-refractivity contribution in [2.75, 3.05) is 13.7 Å². The molecule has 0 saturated carbocycles. The van der Waals surface area contributed by atoms with E-state index in [1.165, 1.54) is 7.11 Å². The lowest BCUT2D eigenvalue weighted by Crippen LogP contribution is -2.19. The maximum Gasteiger partial charge on any atom is 0.344 e. The molecule has 0 unspecified atom stereocenters. The molecule has 1 N–H and O–H groups in total. The first kappa shape index (κ1) is 15.3. The van der Waals surface area contributed by atoms with Gasteiger partial charge in [-0.05, 0) is 32.9 Å². The first-order valence-corrected chi connectivity index (χ1v) is 6.12. The number of carbonyl (C=O) groups is 1. The van der Waals surface area contributed by atoms with Crippen molar-refractivity contribution in [2.45, 2.75) is 33.0 Å². The second kappa shape index (κ2) is 6.99. The SMILES string of the molecule is COc1ccc([C@@H](C)O)c(OCC(=O)OC(C)C)c1. The summed E-state index contributed by atoms with van der Waals surface area (Å²) in [6, 6.07) is 5.05. The van der Waals surface area contributed by atoms with Gasteiger partial charge in [0, 0.05) is 11.6 Å². The molecule has 1 atom stereocenters. The highest BCUT2D eigenvalue weighted by molar-refractivity contribution is 5.71. The maximum atomic E-state index is 11.4. The smallest absolute Gasteiger partial charge is 0.344 e. The largest absolute Gasteiger partial charge is 0.497 e. The van der Waals surface area contributed by atoms with Crippen molar-refractivity contribution in [2.24, 2.45) is 0 Å². The summed E-state index contributed by atoms with van der Waals surface area (Å²) >= 11 is 0. The van der Waals surface area contributed by atoms with Gasteiger partial charge in [0.25, 0.3) is 0 Å². The zero-order valence-electron chi connectivity index (χ0n) is 11.7. The molecule has 0 bridgehead atoms. The zero-order chi connectivity index (χ0) is 14.4. The lowest BCUT2D eigenvalue weighted by Gasteiger charge is -2.15. The summed E-state index contributed by atoms with van der Waals surface area (Å²) in [5.74, 6) is 0.557. The maximum absolute atomic E-state index is 11.4. The summed E-state index contributed by atoms with van der Waals surface area (Å²) in [7, 11) is 1.54. The molecule has 0 amide bonds. The van der Waals surface area contributed by atoms with Gasteiger partial charge in [-0.15, -0.1) is 0 Å². The van der Waals surface area contributed by atoms with Gasteiger partial charge in [-0.25, -0.2) is 4.79 Å². The van der Waals surface area contributed by atoms with E-state index in [1.54, 1.807) is 39.0 Å². The highest BCUT2D eigenvalue weighted by Gasteiger charge is 2.13. The third-order valence-electron chi connectivity index (χ3n) is 2.38. The molecule has 5 nitrogen and oxygen atoms in total. The lowest BCUT2D eigenvalue weighted by atomic mass is 10.1. The fraction of sp³-hybridized carbons (Fsp3) is 0.500. The molecule has 0 aromatic heterocycles. The van der Waals surface area contributed by atoms with Crippen LogP contribution in [0.5, 0.6) is 11.5 Å². The van der Waals surface area contributed by atoms with E-state index in [0.29, 0.717) is 17.1 Å². The van der Waals surface area contributed by atoms with E-state index in [9.17, 15) is 9.90 Å². The second-order valence-corrected chi connectivity index (χ2v) is 4.41. The summed E-state index contributed by atoms with van der Waals surface area (Å²) in [5.41, 5.74) is 0.596. The second-order valence-electron chi connectivity index (χ2n) is 4.41. The van der Waals surface area contributed by atoms with Gasteiger partial charge >= 0.3 is 5.97 Å². The average molecular weight is 268 g/mol. The van der Waals surface area contributed by atoms with Crippen molar-refractivity contribution in [3.8, 4) is 11.5 Å². The van der Waals surface area contributed by atoms with Crippen molar-refractivity contribution in [1.29, 1.82) is 0 Å². The Hall–Kier alpha value is -1.75. The van der Waals surface area contributed by atoms with E-state index >= 15 is 0 Å². The zero-order valence-corrected chi connectivity index (χ0v) is 11.7. The fourth-order valence-corrected chi connectivity index (χ4v) is 1.55. The predicted molar refractivity (Wildman–Crippen MR) is 70.4 cm³/mol. The van der Waals surface area contributed by atoms with Crippen molar-refractivity contribution >= 4 is 5.97 Å². The molecule has 0 aliphatic carbocycles. The average Bonchev–Trinajstić information content (AvgIpc) is 2.34. The molecule has 106 valence electrons. The van der Waals surface area contributed by atoms with Crippen molar-refractivity contribution in [3.63, 3.8) is 0 Å². The van der Waals surface area contributed by atoms with Crippen LogP contribution >= 0.6 is 0 Å². The first-order valence-electron chi connectivity index (χ1n) is 6.12. The van der Waals surface area contributed by atoms with E-state index in [0.717, 1.165) is 0 Å². The van der Waals surface area contributed by atoms with Crippen LogP contribution < -0.4 is 9.47 Å². The van der Waals surface area contributed by atoms with E-state index < -0.39 is 12.1 Å². The van der Waals surface area contributed by atoms with Gasteiger partial charge in [0.15, 0.2) is 6.61 Å².